The van der Waals surface area contributed by atoms with E-state index in [-0.39, 0.29) is 23.3 Å². The van der Waals surface area contributed by atoms with Gasteiger partial charge in [0.15, 0.2) is 0 Å². The highest BCUT2D eigenvalue weighted by atomic mass is 16.3. The van der Waals surface area contributed by atoms with Gasteiger partial charge in [0, 0.05) is 12.1 Å². The van der Waals surface area contributed by atoms with Crippen LogP contribution in [-0.4, -0.2) is 23.7 Å². The average Bonchev–Trinajstić information content (AvgIpc) is 2.50. The molecule has 1 fully saturated rings. The molecule has 2 rings (SSSR count). The van der Waals surface area contributed by atoms with Crippen molar-refractivity contribution in [3.63, 3.8) is 0 Å². The molecule has 22 heavy (non-hydrogen) atoms. The minimum atomic E-state index is -0.238. The average molecular weight is 301 g/mol. The summed E-state index contributed by atoms with van der Waals surface area (Å²) < 4.78 is 0. The largest absolute Gasteiger partial charge is 0.393 e. The van der Waals surface area contributed by atoms with E-state index < -0.39 is 0 Å². The molecule has 0 spiro atoms. The number of allylic oxidation sites excluding steroid dienone is 1. The predicted octanol–water partition coefficient (Wildman–Crippen LogP) is 3.47. The van der Waals surface area contributed by atoms with E-state index in [4.69, 9.17) is 0 Å². The molecule has 1 aromatic rings. The smallest absolute Gasteiger partial charge is 0.251 e. The van der Waals surface area contributed by atoms with E-state index >= 15 is 0 Å². The van der Waals surface area contributed by atoms with Gasteiger partial charge in [0.2, 0.25) is 0 Å². The predicted molar refractivity (Wildman–Crippen MR) is 89.8 cm³/mol. The van der Waals surface area contributed by atoms with Crippen molar-refractivity contribution in [2.24, 2.45) is 11.3 Å². The Morgan fingerprint density at radius 1 is 1.50 bits per heavy atom. The molecule has 3 heteroatoms. The molecule has 1 aliphatic rings. The maximum absolute atomic E-state index is 12.3. The molecule has 0 bridgehead atoms. The summed E-state index contributed by atoms with van der Waals surface area (Å²) in [5.74, 6) is 0.248. The van der Waals surface area contributed by atoms with E-state index in [0.29, 0.717) is 6.54 Å². The lowest BCUT2D eigenvalue weighted by atomic mass is 9.68. The standard InChI is InChI=1S/C19H27NO2/c1-4-7-15-12-19(3,11-10-17(15)21)13-20-18(22)16-9-6-5-8-14(16)2/h4-6,8-9,15,17,21H,1,7,10-13H2,2-3H3,(H,20,22)/t15-,17-,19+/m0/s1. The van der Waals surface area contributed by atoms with Gasteiger partial charge < -0.3 is 10.4 Å². The van der Waals surface area contributed by atoms with Crippen LogP contribution in [0.15, 0.2) is 36.9 Å². The van der Waals surface area contributed by atoms with E-state index in [1.165, 1.54) is 0 Å². The van der Waals surface area contributed by atoms with Crippen LogP contribution in [0.4, 0.5) is 0 Å². The summed E-state index contributed by atoms with van der Waals surface area (Å²) in [4.78, 5) is 12.3. The van der Waals surface area contributed by atoms with Crippen LogP contribution in [0, 0.1) is 18.3 Å². The monoisotopic (exact) mass is 301 g/mol. The van der Waals surface area contributed by atoms with Gasteiger partial charge in [-0.15, -0.1) is 6.58 Å². The normalized spacial score (nSPS) is 28.1. The van der Waals surface area contributed by atoms with Gasteiger partial charge in [0.25, 0.3) is 5.91 Å². The first-order valence-corrected chi connectivity index (χ1v) is 8.08. The van der Waals surface area contributed by atoms with Crippen LogP contribution >= 0.6 is 0 Å². The molecule has 0 aromatic heterocycles. The van der Waals surface area contributed by atoms with Crippen molar-refractivity contribution >= 4 is 5.91 Å². The molecule has 2 N–H and O–H groups in total. The lowest BCUT2D eigenvalue weighted by Crippen LogP contribution is -2.42. The number of rotatable bonds is 5. The number of aliphatic hydroxyl groups excluding tert-OH is 1. The summed E-state index contributed by atoms with van der Waals surface area (Å²) in [6.45, 7) is 8.59. The SMILES string of the molecule is C=CC[C@H]1C[C@](C)(CNC(=O)c2ccccc2C)CC[C@@H]1O. The van der Waals surface area contributed by atoms with E-state index in [0.717, 1.165) is 36.8 Å². The highest BCUT2D eigenvalue weighted by molar-refractivity contribution is 5.95. The second kappa shape index (κ2) is 7.10. The van der Waals surface area contributed by atoms with E-state index in [9.17, 15) is 9.90 Å². The van der Waals surface area contributed by atoms with Crippen LogP contribution in [-0.2, 0) is 0 Å². The molecule has 0 radical (unpaired) electrons. The van der Waals surface area contributed by atoms with Gasteiger partial charge in [-0.25, -0.2) is 0 Å². The van der Waals surface area contributed by atoms with E-state index in [1.54, 1.807) is 0 Å². The second-order valence-electron chi connectivity index (χ2n) is 6.90. The highest BCUT2D eigenvalue weighted by Gasteiger charge is 2.36. The summed E-state index contributed by atoms with van der Waals surface area (Å²) in [5, 5.41) is 13.2. The van der Waals surface area contributed by atoms with Crippen molar-refractivity contribution in [3.05, 3.63) is 48.0 Å². The van der Waals surface area contributed by atoms with Gasteiger partial charge in [-0.05, 0) is 55.6 Å². The van der Waals surface area contributed by atoms with Gasteiger partial charge in [0.05, 0.1) is 6.10 Å². The van der Waals surface area contributed by atoms with Crippen LogP contribution < -0.4 is 5.32 Å². The van der Waals surface area contributed by atoms with Crippen molar-refractivity contribution < 1.29 is 9.90 Å². The molecule has 0 saturated heterocycles. The fraction of sp³-hybridized carbons (Fsp3) is 0.526. The Morgan fingerprint density at radius 2 is 2.23 bits per heavy atom. The zero-order valence-electron chi connectivity index (χ0n) is 13.6. The quantitative estimate of drug-likeness (QED) is 0.818. The first kappa shape index (κ1) is 16.8. The molecule has 1 aliphatic carbocycles. The van der Waals surface area contributed by atoms with Crippen LogP contribution in [0.5, 0.6) is 0 Å². The Labute approximate surface area is 133 Å². The molecule has 0 aliphatic heterocycles. The van der Waals surface area contributed by atoms with Crippen molar-refractivity contribution in [1.82, 2.24) is 5.32 Å². The minimum absolute atomic E-state index is 0.00859. The van der Waals surface area contributed by atoms with Crippen molar-refractivity contribution in [3.8, 4) is 0 Å². The Hall–Kier alpha value is -1.61. The van der Waals surface area contributed by atoms with Gasteiger partial charge in [-0.2, -0.15) is 0 Å². The number of aliphatic hydroxyl groups is 1. The van der Waals surface area contributed by atoms with Gasteiger partial charge in [0.1, 0.15) is 0 Å². The molecule has 1 aromatic carbocycles. The number of carbonyl (C=O) groups excluding carboxylic acids is 1. The third-order valence-corrected chi connectivity index (χ3v) is 4.88. The van der Waals surface area contributed by atoms with Crippen LogP contribution in [0.3, 0.4) is 0 Å². The maximum Gasteiger partial charge on any atom is 0.251 e. The highest BCUT2D eigenvalue weighted by Crippen LogP contribution is 2.40. The zero-order valence-corrected chi connectivity index (χ0v) is 13.6. The molecule has 3 nitrogen and oxygen atoms in total. The fourth-order valence-corrected chi connectivity index (χ4v) is 3.43. The number of aryl methyl sites for hydroxylation is 1. The number of carbonyl (C=O) groups is 1. The summed E-state index contributed by atoms with van der Waals surface area (Å²) in [6.07, 6.45) is 5.14. The molecule has 3 atom stereocenters. The first-order chi connectivity index (χ1) is 10.4. The molecule has 1 saturated carbocycles. The number of hydrogen-bond donors (Lipinski definition) is 2. The number of nitrogens with one attached hydrogen (secondary N) is 1. The third-order valence-electron chi connectivity index (χ3n) is 4.88. The Balaban J connectivity index is 1.96. The topological polar surface area (TPSA) is 49.3 Å². The molecule has 1 amide bonds. The Morgan fingerprint density at radius 3 is 2.91 bits per heavy atom. The van der Waals surface area contributed by atoms with E-state index in [1.807, 2.05) is 37.3 Å². The molecule has 0 unspecified atom stereocenters. The van der Waals surface area contributed by atoms with Crippen LogP contribution in [0.2, 0.25) is 0 Å². The van der Waals surface area contributed by atoms with Crippen LogP contribution in [0.25, 0.3) is 0 Å². The summed E-state index contributed by atoms with van der Waals surface area (Å²) >= 11 is 0. The second-order valence-corrected chi connectivity index (χ2v) is 6.90. The number of amides is 1. The van der Waals surface area contributed by atoms with Gasteiger partial charge in [-0.1, -0.05) is 31.2 Å². The molecule has 0 heterocycles. The molecular weight excluding hydrogens is 274 g/mol. The summed E-state index contributed by atoms with van der Waals surface area (Å²) in [6, 6.07) is 7.64. The molecule has 120 valence electrons. The molecular formula is C19H27NO2. The minimum Gasteiger partial charge on any atom is -0.393 e. The number of benzene rings is 1. The van der Waals surface area contributed by atoms with Crippen LogP contribution in [0.1, 0.15) is 48.5 Å². The first-order valence-electron chi connectivity index (χ1n) is 8.08. The van der Waals surface area contributed by atoms with Gasteiger partial charge >= 0.3 is 0 Å². The summed E-state index contributed by atoms with van der Waals surface area (Å²) in [5.41, 5.74) is 1.78. The third kappa shape index (κ3) is 3.98. The Bertz CT molecular complexity index is 540. The van der Waals surface area contributed by atoms with Crippen molar-refractivity contribution in [2.75, 3.05) is 6.54 Å². The van der Waals surface area contributed by atoms with Crippen molar-refractivity contribution in [1.29, 1.82) is 0 Å². The summed E-state index contributed by atoms with van der Waals surface area (Å²) in [7, 11) is 0. The van der Waals surface area contributed by atoms with Crippen molar-refractivity contribution in [2.45, 2.75) is 45.6 Å². The number of hydrogen-bond acceptors (Lipinski definition) is 2. The lowest BCUT2D eigenvalue weighted by Gasteiger charge is -2.40. The zero-order chi connectivity index (χ0) is 16.2. The lowest BCUT2D eigenvalue weighted by molar-refractivity contribution is 0.0163. The van der Waals surface area contributed by atoms with Gasteiger partial charge in [-0.3, -0.25) is 4.79 Å². The Kier molecular flexibility index (Phi) is 5.41. The fourth-order valence-electron chi connectivity index (χ4n) is 3.43. The maximum atomic E-state index is 12.3. The van der Waals surface area contributed by atoms with E-state index in [2.05, 4.69) is 18.8 Å².